The number of ether oxygens (including phenoxy) is 1. The lowest BCUT2D eigenvalue weighted by molar-refractivity contribution is 0.216. The van der Waals surface area contributed by atoms with Crippen LogP contribution in [0.4, 0.5) is 0 Å². The number of benzene rings is 2. The van der Waals surface area contributed by atoms with Gasteiger partial charge in [0.15, 0.2) is 0 Å². The average molecular weight is 361 g/mol. The molecule has 0 fully saturated rings. The summed E-state index contributed by atoms with van der Waals surface area (Å²) in [4.78, 5) is 2.61. The Morgan fingerprint density at radius 2 is 1.85 bits per heavy atom. The van der Waals surface area contributed by atoms with Crippen molar-refractivity contribution in [3.8, 4) is 5.75 Å². The number of hydrogen-bond acceptors (Lipinski definition) is 2. The normalized spacial score (nSPS) is 17.4. The van der Waals surface area contributed by atoms with Crippen molar-refractivity contribution in [2.75, 3.05) is 13.7 Å². The minimum atomic E-state index is 0.194. The summed E-state index contributed by atoms with van der Waals surface area (Å²) < 4.78 is 8.13. The molecule has 0 saturated heterocycles. The standard InChI is InChI=1S/C24H28N2O/c1-18-11-12-20(19(2)16-18)17-26-15-7-14-25-13-6-9-22(25)24(26)21-8-4-5-10-23(21)27-3/h4-6,8-13,16,24H,7,14-15,17H2,1-3H3. The topological polar surface area (TPSA) is 17.4 Å². The van der Waals surface area contributed by atoms with Crippen LogP contribution in [-0.4, -0.2) is 23.1 Å². The second kappa shape index (κ2) is 7.61. The molecule has 0 spiro atoms. The molecule has 1 aliphatic rings. The molecule has 3 heteroatoms. The lowest BCUT2D eigenvalue weighted by atomic mass is 9.98. The van der Waals surface area contributed by atoms with E-state index in [-0.39, 0.29) is 6.04 Å². The van der Waals surface area contributed by atoms with Crippen LogP contribution in [0.3, 0.4) is 0 Å². The summed E-state index contributed by atoms with van der Waals surface area (Å²) in [5, 5.41) is 0. The molecular formula is C24H28N2O. The van der Waals surface area contributed by atoms with Gasteiger partial charge >= 0.3 is 0 Å². The zero-order valence-corrected chi connectivity index (χ0v) is 16.5. The molecule has 1 unspecified atom stereocenters. The molecule has 2 heterocycles. The van der Waals surface area contributed by atoms with Gasteiger partial charge in [0.25, 0.3) is 0 Å². The molecule has 1 atom stereocenters. The van der Waals surface area contributed by atoms with Crippen molar-refractivity contribution < 1.29 is 4.74 Å². The van der Waals surface area contributed by atoms with Gasteiger partial charge in [-0.15, -0.1) is 0 Å². The van der Waals surface area contributed by atoms with Gasteiger partial charge in [0, 0.05) is 37.1 Å². The van der Waals surface area contributed by atoms with E-state index in [1.54, 1.807) is 7.11 Å². The van der Waals surface area contributed by atoms with Gasteiger partial charge in [-0.05, 0) is 49.6 Å². The van der Waals surface area contributed by atoms with E-state index in [1.165, 1.54) is 27.9 Å². The van der Waals surface area contributed by atoms with Crippen LogP contribution in [-0.2, 0) is 13.1 Å². The monoisotopic (exact) mass is 360 g/mol. The third kappa shape index (κ3) is 3.52. The van der Waals surface area contributed by atoms with E-state index >= 15 is 0 Å². The Hall–Kier alpha value is -2.52. The largest absolute Gasteiger partial charge is 0.496 e. The van der Waals surface area contributed by atoms with Crippen LogP contribution < -0.4 is 4.74 Å². The lowest BCUT2D eigenvalue weighted by Crippen LogP contribution is -2.30. The molecule has 0 radical (unpaired) electrons. The fourth-order valence-corrected chi connectivity index (χ4v) is 4.30. The van der Waals surface area contributed by atoms with E-state index in [9.17, 15) is 0 Å². The van der Waals surface area contributed by atoms with E-state index in [2.05, 4.69) is 78.0 Å². The Labute approximate surface area is 162 Å². The molecule has 0 N–H and O–H groups in total. The highest BCUT2D eigenvalue weighted by Crippen LogP contribution is 2.37. The van der Waals surface area contributed by atoms with Crippen molar-refractivity contribution >= 4 is 0 Å². The fraction of sp³-hybridized carbons (Fsp3) is 0.333. The maximum atomic E-state index is 5.73. The first-order valence-corrected chi connectivity index (χ1v) is 9.75. The average Bonchev–Trinajstić information content (AvgIpc) is 3.05. The number of fused-ring (bicyclic) bond motifs is 1. The molecule has 3 aromatic rings. The minimum absolute atomic E-state index is 0.194. The maximum absolute atomic E-state index is 5.73. The molecule has 1 aliphatic heterocycles. The second-order valence-electron chi connectivity index (χ2n) is 7.52. The third-order valence-electron chi connectivity index (χ3n) is 5.66. The van der Waals surface area contributed by atoms with Gasteiger partial charge in [0.05, 0.1) is 13.2 Å². The van der Waals surface area contributed by atoms with E-state index in [4.69, 9.17) is 4.74 Å². The van der Waals surface area contributed by atoms with Crippen LogP contribution in [0.25, 0.3) is 0 Å². The van der Waals surface area contributed by atoms with Gasteiger partial charge < -0.3 is 9.30 Å². The van der Waals surface area contributed by atoms with Gasteiger partial charge in [-0.1, -0.05) is 42.0 Å². The van der Waals surface area contributed by atoms with Crippen molar-refractivity contribution in [1.29, 1.82) is 0 Å². The van der Waals surface area contributed by atoms with Crippen LogP contribution >= 0.6 is 0 Å². The number of aryl methyl sites for hydroxylation is 3. The summed E-state index contributed by atoms with van der Waals surface area (Å²) in [7, 11) is 1.77. The summed E-state index contributed by atoms with van der Waals surface area (Å²) >= 11 is 0. The van der Waals surface area contributed by atoms with Crippen LogP contribution in [0, 0.1) is 13.8 Å². The molecule has 27 heavy (non-hydrogen) atoms. The molecule has 4 rings (SSSR count). The molecule has 140 valence electrons. The van der Waals surface area contributed by atoms with Gasteiger partial charge in [-0.2, -0.15) is 0 Å². The summed E-state index contributed by atoms with van der Waals surface area (Å²) in [6, 6.07) is 19.9. The van der Waals surface area contributed by atoms with Crippen molar-refractivity contribution in [1.82, 2.24) is 9.47 Å². The van der Waals surface area contributed by atoms with Crippen molar-refractivity contribution in [2.24, 2.45) is 0 Å². The van der Waals surface area contributed by atoms with Crippen molar-refractivity contribution in [2.45, 2.75) is 39.4 Å². The maximum Gasteiger partial charge on any atom is 0.124 e. The number of rotatable bonds is 4. The zero-order valence-electron chi connectivity index (χ0n) is 16.5. The molecule has 0 amide bonds. The number of aromatic nitrogens is 1. The SMILES string of the molecule is COc1ccccc1C1c2cccn2CCCN1Cc1ccc(C)cc1C. The fourth-order valence-electron chi connectivity index (χ4n) is 4.30. The predicted molar refractivity (Wildman–Crippen MR) is 110 cm³/mol. The van der Waals surface area contributed by atoms with E-state index < -0.39 is 0 Å². The van der Waals surface area contributed by atoms with E-state index in [0.717, 1.165) is 31.8 Å². The van der Waals surface area contributed by atoms with Crippen LogP contribution in [0.15, 0.2) is 60.8 Å². The highest BCUT2D eigenvalue weighted by molar-refractivity contribution is 5.41. The predicted octanol–water partition coefficient (Wildman–Crippen LogP) is 5.11. The third-order valence-corrected chi connectivity index (χ3v) is 5.66. The molecular weight excluding hydrogens is 332 g/mol. The summed E-state index contributed by atoms with van der Waals surface area (Å²) in [6.45, 7) is 7.46. The van der Waals surface area contributed by atoms with E-state index in [0.29, 0.717) is 0 Å². The Morgan fingerprint density at radius 1 is 1.00 bits per heavy atom. The van der Waals surface area contributed by atoms with Crippen LogP contribution in [0.1, 0.15) is 40.4 Å². The molecule has 0 bridgehead atoms. The summed E-state index contributed by atoms with van der Waals surface area (Å²) in [5.41, 5.74) is 6.68. The first-order valence-electron chi connectivity index (χ1n) is 9.75. The highest BCUT2D eigenvalue weighted by atomic mass is 16.5. The molecule has 2 aromatic carbocycles. The smallest absolute Gasteiger partial charge is 0.124 e. The molecule has 1 aromatic heterocycles. The lowest BCUT2D eigenvalue weighted by Gasteiger charge is -2.32. The number of methoxy groups -OCH3 is 1. The van der Waals surface area contributed by atoms with Gasteiger partial charge in [0.1, 0.15) is 5.75 Å². The van der Waals surface area contributed by atoms with Gasteiger partial charge in [-0.25, -0.2) is 0 Å². The number of nitrogens with zero attached hydrogens (tertiary/aromatic N) is 2. The zero-order chi connectivity index (χ0) is 18.8. The van der Waals surface area contributed by atoms with Crippen LogP contribution in [0.5, 0.6) is 5.75 Å². The summed E-state index contributed by atoms with van der Waals surface area (Å²) in [5.74, 6) is 0.961. The molecule has 0 saturated carbocycles. The van der Waals surface area contributed by atoms with E-state index in [1.807, 2.05) is 6.07 Å². The highest BCUT2D eigenvalue weighted by Gasteiger charge is 2.29. The second-order valence-corrected chi connectivity index (χ2v) is 7.52. The quantitative estimate of drug-likeness (QED) is 0.643. The number of para-hydroxylation sites is 1. The first kappa shape index (κ1) is 17.9. The first-order chi connectivity index (χ1) is 13.2. The Balaban J connectivity index is 1.78. The van der Waals surface area contributed by atoms with Gasteiger partial charge in [0.2, 0.25) is 0 Å². The number of hydrogen-bond donors (Lipinski definition) is 0. The Bertz CT molecular complexity index is 928. The molecule has 3 nitrogen and oxygen atoms in total. The molecule has 0 aliphatic carbocycles. The summed E-state index contributed by atoms with van der Waals surface area (Å²) in [6.07, 6.45) is 3.36. The van der Waals surface area contributed by atoms with Crippen molar-refractivity contribution in [3.05, 3.63) is 88.7 Å². The van der Waals surface area contributed by atoms with Gasteiger partial charge in [-0.3, -0.25) is 4.90 Å². The Kier molecular flexibility index (Phi) is 5.04. The van der Waals surface area contributed by atoms with Crippen molar-refractivity contribution in [3.63, 3.8) is 0 Å². The van der Waals surface area contributed by atoms with Crippen LogP contribution in [0.2, 0.25) is 0 Å². The minimum Gasteiger partial charge on any atom is -0.496 e. The Morgan fingerprint density at radius 3 is 2.67 bits per heavy atom.